The van der Waals surface area contributed by atoms with Crippen molar-refractivity contribution < 1.29 is 28.5 Å². The predicted molar refractivity (Wildman–Crippen MR) is 123 cm³/mol. The third-order valence-electron chi connectivity index (χ3n) is 6.10. The summed E-state index contributed by atoms with van der Waals surface area (Å²) in [6, 6.07) is 9.55. The number of ether oxygens (including phenoxy) is 4. The minimum Gasteiger partial charge on any atom is -0.496 e. The lowest BCUT2D eigenvalue weighted by Gasteiger charge is -2.37. The van der Waals surface area contributed by atoms with E-state index < -0.39 is 11.5 Å². The molecule has 0 fully saturated rings. The lowest BCUT2D eigenvalue weighted by Crippen LogP contribution is -2.51. The summed E-state index contributed by atoms with van der Waals surface area (Å²) in [5.74, 6) is 0.0406. The SMILES string of the molecule is BCc1ccc(COC2=CC(=O)C[C@@H](C)[C@]23Oc2c(Cl)c(OC)cc(OC)c2C3=O)cc1. The number of ketones is 2. The molecule has 2 aromatic carbocycles. The van der Waals surface area contributed by atoms with Crippen LogP contribution in [0.1, 0.15) is 34.8 Å². The second-order valence-corrected chi connectivity index (χ2v) is 8.38. The van der Waals surface area contributed by atoms with Crippen molar-refractivity contribution in [2.45, 2.75) is 31.9 Å². The van der Waals surface area contributed by atoms with Crippen LogP contribution in [-0.2, 0) is 22.5 Å². The first-order chi connectivity index (χ1) is 15.3. The minimum absolute atomic E-state index is 0.123. The third kappa shape index (κ3) is 3.45. The van der Waals surface area contributed by atoms with Crippen LogP contribution in [0.15, 0.2) is 42.2 Å². The van der Waals surface area contributed by atoms with Crippen molar-refractivity contribution >= 4 is 31.0 Å². The van der Waals surface area contributed by atoms with E-state index in [1.807, 2.05) is 24.3 Å². The number of carbonyl (C=O) groups excluding carboxylic acids is 2. The normalized spacial score (nSPS) is 21.8. The highest BCUT2D eigenvalue weighted by Crippen LogP contribution is 2.54. The molecule has 1 aliphatic carbocycles. The Bertz CT molecular complexity index is 1110. The molecule has 2 aromatic rings. The summed E-state index contributed by atoms with van der Waals surface area (Å²) in [5, 5.41) is 0.173. The Labute approximate surface area is 192 Å². The smallest absolute Gasteiger partial charge is 0.231 e. The molecule has 8 heteroatoms. The molecule has 1 aliphatic heterocycles. The number of allylic oxidation sites excluding steroid dienone is 1. The zero-order chi connectivity index (χ0) is 23.0. The van der Waals surface area contributed by atoms with E-state index in [-0.39, 0.29) is 46.7 Å². The molecule has 0 saturated heterocycles. The molecule has 0 bridgehead atoms. The van der Waals surface area contributed by atoms with Crippen LogP contribution in [-0.4, -0.2) is 39.2 Å². The Morgan fingerprint density at radius 1 is 1.12 bits per heavy atom. The van der Waals surface area contributed by atoms with Gasteiger partial charge in [0.15, 0.2) is 17.3 Å². The summed E-state index contributed by atoms with van der Waals surface area (Å²) in [6.45, 7) is 1.99. The first-order valence-electron chi connectivity index (χ1n) is 10.5. The van der Waals surface area contributed by atoms with Gasteiger partial charge in [0.25, 0.3) is 0 Å². The van der Waals surface area contributed by atoms with Gasteiger partial charge in [0.2, 0.25) is 11.4 Å². The van der Waals surface area contributed by atoms with Crippen LogP contribution in [0.2, 0.25) is 5.02 Å². The molecule has 0 saturated carbocycles. The molecular formula is C24H24BClO6. The van der Waals surface area contributed by atoms with E-state index in [1.54, 1.807) is 13.0 Å². The molecule has 0 radical (unpaired) electrons. The highest BCUT2D eigenvalue weighted by molar-refractivity contribution is 6.35. The summed E-state index contributed by atoms with van der Waals surface area (Å²) < 4.78 is 23.1. The van der Waals surface area contributed by atoms with Gasteiger partial charge in [-0.3, -0.25) is 9.59 Å². The summed E-state index contributed by atoms with van der Waals surface area (Å²) in [6.07, 6.45) is 2.45. The van der Waals surface area contributed by atoms with Gasteiger partial charge >= 0.3 is 0 Å². The van der Waals surface area contributed by atoms with Crippen molar-refractivity contribution in [1.29, 1.82) is 0 Å². The maximum Gasteiger partial charge on any atom is 0.231 e. The van der Waals surface area contributed by atoms with E-state index >= 15 is 0 Å². The van der Waals surface area contributed by atoms with Crippen LogP contribution in [0, 0.1) is 5.92 Å². The fraction of sp³-hybridized carbons (Fsp3) is 0.333. The zero-order valence-corrected chi connectivity index (χ0v) is 19.2. The Hall–Kier alpha value is -2.93. The molecular weight excluding hydrogens is 431 g/mol. The average Bonchev–Trinajstić information content (AvgIpc) is 3.11. The molecule has 0 amide bonds. The average molecular weight is 455 g/mol. The Balaban J connectivity index is 1.74. The van der Waals surface area contributed by atoms with Crippen molar-refractivity contribution in [2.24, 2.45) is 5.92 Å². The monoisotopic (exact) mass is 454 g/mol. The van der Waals surface area contributed by atoms with Gasteiger partial charge in [0.05, 0.1) is 14.2 Å². The van der Waals surface area contributed by atoms with E-state index in [2.05, 4.69) is 7.85 Å². The number of halogens is 1. The fourth-order valence-corrected chi connectivity index (χ4v) is 4.53. The van der Waals surface area contributed by atoms with Crippen molar-refractivity contribution in [3.63, 3.8) is 0 Å². The predicted octanol–water partition coefficient (Wildman–Crippen LogP) is 3.51. The van der Waals surface area contributed by atoms with Gasteiger partial charge in [0, 0.05) is 24.5 Å². The van der Waals surface area contributed by atoms with Crippen LogP contribution < -0.4 is 14.2 Å². The molecule has 166 valence electrons. The van der Waals surface area contributed by atoms with Crippen molar-refractivity contribution in [3.8, 4) is 17.2 Å². The largest absolute Gasteiger partial charge is 0.496 e. The van der Waals surface area contributed by atoms with Crippen molar-refractivity contribution in [1.82, 2.24) is 0 Å². The van der Waals surface area contributed by atoms with Gasteiger partial charge in [-0.1, -0.05) is 54.7 Å². The Kier molecular flexibility index (Phi) is 5.95. The molecule has 1 heterocycles. The summed E-state index contributed by atoms with van der Waals surface area (Å²) in [5.41, 5.74) is 0.861. The lowest BCUT2D eigenvalue weighted by atomic mass is 9.75. The Morgan fingerprint density at radius 3 is 2.41 bits per heavy atom. The first kappa shape index (κ1) is 22.3. The molecule has 2 aliphatic rings. The van der Waals surface area contributed by atoms with E-state index in [1.165, 1.54) is 25.9 Å². The number of rotatable bonds is 6. The molecule has 4 rings (SSSR count). The zero-order valence-electron chi connectivity index (χ0n) is 18.5. The topological polar surface area (TPSA) is 71.1 Å². The second-order valence-electron chi connectivity index (χ2n) is 8.00. The van der Waals surface area contributed by atoms with Crippen LogP contribution in [0.5, 0.6) is 17.2 Å². The molecule has 0 N–H and O–H groups in total. The standard InChI is InChI=1S/C24H24BClO6/c1-13-8-16(27)9-19(31-12-15-6-4-14(11-25)5-7-15)24(13)23(28)20-17(29-2)10-18(30-3)21(26)22(20)32-24/h4-7,9-10,13H,8,11-12,25H2,1-3H3/t13-,24+/m1/s1. The summed E-state index contributed by atoms with van der Waals surface area (Å²) in [4.78, 5) is 26.2. The third-order valence-corrected chi connectivity index (χ3v) is 6.46. The van der Waals surface area contributed by atoms with Crippen molar-refractivity contribution in [3.05, 3.63) is 63.9 Å². The number of fused-ring (bicyclic) bond motifs is 1. The second kappa shape index (κ2) is 8.55. The molecule has 2 atom stereocenters. The number of benzene rings is 2. The van der Waals surface area contributed by atoms with Crippen LogP contribution >= 0.6 is 11.6 Å². The van der Waals surface area contributed by atoms with Gasteiger partial charge in [0.1, 0.15) is 36.5 Å². The molecule has 1 spiro atoms. The number of hydrogen-bond acceptors (Lipinski definition) is 6. The van der Waals surface area contributed by atoms with Crippen LogP contribution in [0.4, 0.5) is 0 Å². The van der Waals surface area contributed by atoms with Crippen LogP contribution in [0.3, 0.4) is 0 Å². The summed E-state index contributed by atoms with van der Waals surface area (Å²) >= 11 is 6.49. The number of methoxy groups -OCH3 is 2. The number of hydrogen-bond donors (Lipinski definition) is 0. The Morgan fingerprint density at radius 2 is 1.78 bits per heavy atom. The van der Waals surface area contributed by atoms with E-state index in [9.17, 15) is 9.59 Å². The maximum atomic E-state index is 13.8. The van der Waals surface area contributed by atoms with E-state index in [0.29, 0.717) is 11.5 Å². The van der Waals surface area contributed by atoms with Gasteiger partial charge in [-0.2, -0.15) is 0 Å². The van der Waals surface area contributed by atoms with E-state index in [0.717, 1.165) is 11.9 Å². The van der Waals surface area contributed by atoms with Crippen molar-refractivity contribution in [2.75, 3.05) is 14.2 Å². The fourth-order valence-electron chi connectivity index (χ4n) is 4.27. The quantitative estimate of drug-likeness (QED) is 0.622. The van der Waals surface area contributed by atoms with Crippen LogP contribution in [0.25, 0.3) is 0 Å². The molecule has 0 aromatic heterocycles. The highest BCUT2D eigenvalue weighted by Gasteiger charge is 2.60. The number of Topliss-reactive ketones (excluding diaryl/α,β-unsaturated/α-hetero) is 1. The van der Waals surface area contributed by atoms with E-state index in [4.69, 9.17) is 30.5 Å². The van der Waals surface area contributed by atoms with Gasteiger partial charge < -0.3 is 18.9 Å². The minimum atomic E-state index is -1.50. The van der Waals surface area contributed by atoms with Gasteiger partial charge in [-0.05, 0) is 5.56 Å². The molecule has 0 unspecified atom stereocenters. The lowest BCUT2D eigenvalue weighted by molar-refractivity contribution is -0.118. The highest BCUT2D eigenvalue weighted by atomic mass is 35.5. The number of carbonyl (C=O) groups is 2. The maximum absolute atomic E-state index is 13.8. The van der Waals surface area contributed by atoms with Gasteiger partial charge in [-0.15, -0.1) is 0 Å². The first-order valence-corrected chi connectivity index (χ1v) is 10.9. The van der Waals surface area contributed by atoms with Gasteiger partial charge in [-0.25, -0.2) is 0 Å². The molecule has 32 heavy (non-hydrogen) atoms. The summed E-state index contributed by atoms with van der Waals surface area (Å²) in [7, 11) is 5.02. The molecule has 6 nitrogen and oxygen atoms in total.